The third-order valence-corrected chi connectivity index (χ3v) is 8.14. The van der Waals surface area contributed by atoms with Crippen molar-refractivity contribution in [3.63, 3.8) is 0 Å². The first-order valence-electron chi connectivity index (χ1n) is 12.2. The molecule has 2 aromatic carbocycles. The Morgan fingerprint density at radius 3 is 2.55 bits per heavy atom. The lowest BCUT2D eigenvalue weighted by atomic mass is 9.95. The standard InChI is InChI=1S/C29H20ClN5O3S2/c1-17-24(26(36)34-20-6-3-2-4-7-20)25(18-8-10-19(30)11-9-18)35-27(37)22(39-29(35)33-17)16-21-12-13-23(38-21)40-28-31-14-5-15-32-28/h2-16,25H,1H3,(H,34,36)/b22-16+/t25-/m0/s1. The molecule has 198 valence electrons. The van der Waals surface area contributed by atoms with Crippen LogP contribution < -0.4 is 20.2 Å². The van der Waals surface area contributed by atoms with Gasteiger partial charge in [0.25, 0.3) is 11.5 Å². The van der Waals surface area contributed by atoms with Crippen LogP contribution in [-0.4, -0.2) is 20.4 Å². The lowest BCUT2D eigenvalue weighted by Crippen LogP contribution is -2.40. The number of halogens is 1. The zero-order valence-corrected chi connectivity index (χ0v) is 23.3. The number of rotatable bonds is 6. The zero-order valence-electron chi connectivity index (χ0n) is 20.9. The van der Waals surface area contributed by atoms with Gasteiger partial charge in [-0.05, 0) is 66.7 Å². The highest BCUT2D eigenvalue weighted by Gasteiger charge is 2.32. The molecule has 0 fully saturated rings. The number of hydrogen-bond acceptors (Lipinski definition) is 8. The van der Waals surface area contributed by atoms with Crippen molar-refractivity contribution in [1.82, 2.24) is 14.5 Å². The number of nitrogens with zero attached hydrogens (tertiary/aromatic N) is 4. The van der Waals surface area contributed by atoms with Gasteiger partial charge in [0.2, 0.25) is 0 Å². The number of benzene rings is 2. The number of fused-ring (bicyclic) bond motifs is 1. The first kappa shape index (κ1) is 26.0. The van der Waals surface area contributed by atoms with Crippen molar-refractivity contribution in [1.29, 1.82) is 0 Å². The number of para-hydroxylation sites is 1. The molecule has 1 amide bonds. The van der Waals surface area contributed by atoms with Gasteiger partial charge in [-0.3, -0.25) is 14.2 Å². The molecule has 0 radical (unpaired) electrons. The van der Waals surface area contributed by atoms with Crippen molar-refractivity contribution in [3.05, 3.63) is 132 Å². The van der Waals surface area contributed by atoms with E-state index in [2.05, 4.69) is 20.3 Å². The molecule has 0 spiro atoms. The summed E-state index contributed by atoms with van der Waals surface area (Å²) in [5.41, 5.74) is 2.01. The SMILES string of the molecule is CC1=C(C(=O)Nc2ccccc2)[C@H](c2ccc(Cl)cc2)n2c(s/c(=C/c3ccc(Sc4ncccn4)o3)c2=O)=N1. The topological polar surface area (TPSA) is 102 Å². The summed E-state index contributed by atoms with van der Waals surface area (Å²) >= 11 is 8.69. The van der Waals surface area contributed by atoms with Crippen LogP contribution >= 0.6 is 34.7 Å². The maximum Gasteiger partial charge on any atom is 0.271 e. The lowest BCUT2D eigenvalue weighted by Gasteiger charge is -2.25. The number of carbonyl (C=O) groups is 1. The normalized spacial score (nSPS) is 15.1. The van der Waals surface area contributed by atoms with Gasteiger partial charge in [0.05, 0.1) is 21.8 Å². The largest absolute Gasteiger partial charge is 0.450 e. The third-order valence-electron chi connectivity index (χ3n) is 6.09. The summed E-state index contributed by atoms with van der Waals surface area (Å²) in [5.74, 6) is 0.169. The maximum atomic E-state index is 13.8. The number of amides is 1. The van der Waals surface area contributed by atoms with Gasteiger partial charge >= 0.3 is 0 Å². The monoisotopic (exact) mass is 585 g/mol. The molecule has 6 rings (SSSR count). The molecule has 0 saturated carbocycles. The minimum absolute atomic E-state index is 0.279. The highest BCUT2D eigenvalue weighted by molar-refractivity contribution is 7.99. The van der Waals surface area contributed by atoms with E-state index in [1.54, 1.807) is 72.4 Å². The number of furan rings is 1. The molecule has 5 aromatic rings. The number of thiazole rings is 1. The van der Waals surface area contributed by atoms with Crippen LogP contribution in [-0.2, 0) is 4.79 Å². The van der Waals surface area contributed by atoms with Gasteiger partial charge in [0.1, 0.15) is 5.76 Å². The summed E-state index contributed by atoms with van der Waals surface area (Å²) in [5, 5.41) is 4.65. The van der Waals surface area contributed by atoms with Crippen LogP contribution in [0.25, 0.3) is 6.08 Å². The first-order valence-corrected chi connectivity index (χ1v) is 14.2. The molecule has 0 bridgehead atoms. The summed E-state index contributed by atoms with van der Waals surface area (Å²) in [6.45, 7) is 1.78. The maximum absolute atomic E-state index is 13.8. The van der Waals surface area contributed by atoms with Crippen LogP contribution in [0.3, 0.4) is 0 Å². The number of anilines is 1. The highest BCUT2D eigenvalue weighted by Crippen LogP contribution is 2.31. The summed E-state index contributed by atoms with van der Waals surface area (Å²) < 4.78 is 7.90. The Morgan fingerprint density at radius 1 is 1.05 bits per heavy atom. The molecule has 40 heavy (non-hydrogen) atoms. The second kappa shape index (κ2) is 11.1. The fraction of sp³-hybridized carbons (Fsp3) is 0.0690. The van der Waals surface area contributed by atoms with Gasteiger partial charge in [-0.2, -0.15) is 0 Å². The van der Waals surface area contributed by atoms with Gasteiger partial charge in [-0.15, -0.1) is 0 Å². The Bertz CT molecular complexity index is 1910. The van der Waals surface area contributed by atoms with E-state index in [4.69, 9.17) is 16.0 Å². The van der Waals surface area contributed by atoms with Gasteiger partial charge in [0.15, 0.2) is 15.1 Å². The second-order valence-corrected chi connectivity index (χ2v) is 11.2. The van der Waals surface area contributed by atoms with Crippen LogP contribution in [0, 0.1) is 0 Å². The summed E-state index contributed by atoms with van der Waals surface area (Å²) in [6, 6.07) is 20.9. The van der Waals surface area contributed by atoms with Gasteiger partial charge in [0, 0.05) is 29.2 Å². The van der Waals surface area contributed by atoms with E-state index in [0.717, 1.165) is 5.56 Å². The molecule has 3 aromatic heterocycles. The molecule has 4 heterocycles. The van der Waals surface area contributed by atoms with Crippen LogP contribution in [0.2, 0.25) is 5.02 Å². The molecule has 0 saturated heterocycles. The van der Waals surface area contributed by atoms with Crippen molar-refractivity contribution in [2.75, 3.05) is 5.32 Å². The fourth-order valence-corrected chi connectivity index (χ4v) is 6.15. The molecular formula is C29H20ClN5O3S2. The Balaban J connectivity index is 1.41. The van der Waals surface area contributed by atoms with Crippen molar-refractivity contribution in [2.45, 2.75) is 23.2 Å². The first-order chi connectivity index (χ1) is 19.5. The Morgan fingerprint density at radius 2 is 1.80 bits per heavy atom. The van der Waals surface area contributed by atoms with Gasteiger partial charge < -0.3 is 9.73 Å². The molecule has 0 aliphatic carbocycles. The average Bonchev–Trinajstić information content (AvgIpc) is 3.52. The van der Waals surface area contributed by atoms with E-state index >= 15 is 0 Å². The highest BCUT2D eigenvalue weighted by atomic mass is 35.5. The summed E-state index contributed by atoms with van der Waals surface area (Å²) in [7, 11) is 0. The van der Waals surface area contributed by atoms with E-state index in [0.29, 0.717) is 47.3 Å². The molecule has 1 N–H and O–H groups in total. The predicted molar refractivity (Wildman–Crippen MR) is 155 cm³/mol. The lowest BCUT2D eigenvalue weighted by molar-refractivity contribution is -0.113. The zero-order chi connectivity index (χ0) is 27.6. The van der Waals surface area contributed by atoms with Crippen molar-refractivity contribution in [3.8, 4) is 0 Å². The van der Waals surface area contributed by atoms with E-state index in [-0.39, 0.29) is 11.5 Å². The van der Waals surface area contributed by atoms with Gasteiger partial charge in [-0.1, -0.05) is 53.3 Å². The molecular weight excluding hydrogens is 566 g/mol. The van der Waals surface area contributed by atoms with Crippen LogP contribution in [0.4, 0.5) is 5.69 Å². The molecule has 8 nitrogen and oxygen atoms in total. The number of nitrogens with one attached hydrogen (secondary N) is 1. The number of carbonyl (C=O) groups excluding carboxylic acids is 1. The van der Waals surface area contributed by atoms with E-state index in [1.807, 2.05) is 30.3 Å². The van der Waals surface area contributed by atoms with Crippen molar-refractivity contribution in [2.24, 2.45) is 4.99 Å². The van der Waals surface area contributed by atoms with Crippen LogP contribution in [0.5, 0.6) is 0 Å². The number of allylic oxidation sites excluding steroid dienone is 1. The second-order valence-electron chi connectivity index (χ2n) is 8.74. The number of aromatic nitrogens is 3. The fourth-order valence-electron chi connectivity index (χ4n) is 4.32. The average molecular weight is 586 g/mol. The molecule has 0 unspecified atom stereocenters. The molecule has 1 atom stereocenters. The van der Waals surface area contributed by atoms with Crippen molar-refractivity contribution >= 4 is 52.4 Å². The summed E-state index contributed by atoms with van der Waals surface area (Å²) in [6.07, 6.45) is 5.00. The predicted octanol–water partition coefficient (Wildman–Crippen LogP) is 5.06. The van der Waals surface area contributed by atoms with Crippen LogP contribution in [0.15, 0.2) is 121 Å². The molecule has 1 aliphatic rings. The Kier molecular flexibility index (Phi) is 7.21. The van der Waals surface area contributed by atoms with Crippen molar-refractivity contribution < 1.29 is 9.21 Å². The van der Waals surface area contributed by atoms with E-state index < -0.39 is 6.04 Å². The van der Waals surface area contributed by atoms with Gasteiger partial charge in [-0.25, -0.2) is 15.0 Å². The third kappa shape index (κ3) is 5.29. The Hall–Kier alpha value is -4.25. The minimum atomic E-state index is -0.697. The minimum Gasteiger partial charge on any atom is -0.450 e. The smallest absolute Gasteiger partial charge is 0.271 e. The summed E-state index contributed by atoms with van der Waals surface area (Å²) in [4.78, 5) is 41.0. The Labute approximate surface area is 241 Å². The van der Waals surface area contributed by atoms with E-state index in [1.165, 1.54) is 23.1 Å². The molecule has 1 aliphatic heterocycles. The quantitative estimate of drug-likeness (QED) is 0.279. The van der Waals surface area contributed by atoms with E-state index in [9.17, 15) is 9.59 Å². The van der Waals surface area contributed by atoms with Crippen LogP contribution in [0.1, 0.15) is 24.3 Å². The number of hydrogen-bond donors (Lipinski definition) is 1. The molecule has 11 heteroatoms.